The fourth-order valence-electron chi connectivity index (χ4n) is 1.74. The second-order valence-corrected chi connectivity index (χ2v) is 4.28. The van der Waals surface area contributed by atoms with Crippen molar-refractivity contribution in [1.29, 1.82) is 0 Å². The zero-order valence-electron chi connectivity index (χ0n) is 9.70. The van der Waals surface area contributed by atoms with E-state index in [0.29, 0.717) is 13.2 Å². The molecular formula is C12H18ClNO2. The molecule has 0 heterocycles. The van der Waals surface area contributed by atoms with Crippen molar-refractivity contribution >= 4 is 17.4 Å². The molecule has 0 aliphatic heterocycles. The van der Waals surface area contributed by atoms with Crippen molar-refractivity contribution < 1.29 is 9.53 Å². The summed E-state index contributed by atoms with van der Waals surface area (Å²) >= 11 is 5.64. The van der Waals surface area contributed by atoms with E-state index in [9.17, 15) is 4.79 Å². The standard InChI is InChI=1S/C12H18ClNO2/c1-12(11(15)9-13)6-4-3-5-10(12)14-7-8-16-2/h3-6,10,14H,7-9H2,1-2H3. The fraction of sp³-hybridized carbons (Fsp3) is 0.583. The molecule has 1 aliphatic carbocycles. The number of carbonyl (C=O) groups is 1. The highest BCUT2D eigenvalue weighted by atomic mass is 35.5. The maximum Gasteiger partial charge on any atom is 0.159 e. The highest BCUT2D eigenvalue weighted by Crippen LogP contribution is 2.29. The van der Waals surface area contributed by atoms with Crippen LogP contribution in [0.25, 0.3) is 0 Å². The van der Waals surface area contributed by atoms with E-state index in [2.05, 4.69) is 5.32 Å². The number of hydrogen-bond donors (Lipinski definition) is 1. The van der Waals surface area contributed by atoms with Gasteiger partial charge in [0.1, 0.15) is 0 Å². The minimum absolute atomic E-state index is 0.0149. The number of carbonyl (C=O) groups excluding carboxylic acids is 1. The van der Waals surface area contributed by atoms with Crippen molar-refractivity contribution in [1.82, 2.24) is 5.32 Å². The van der Waals surface area contributed by atoms with Crippen LogP contribution in [-0.2, 0) is 9.53 Å². The molecule has 3 nitrogen and oxygen atoms in total. The normalized spacial score (nSPS) is 28.3. The molecule has 0 saturated carbocycles. The molecule has 0 spiro atoms. The summed E-state index contributed by atoms with van der Waals surface area (Å²) in [5.74, 6) is 0.0709. The van der Waals surface area contributed by atoms with Crippen LogP contribution in [0.2, 0.25) is 0 Å². The molecule has 1 rings (SSSR count). The van der Waals surface area contributed by atoms with Gasteiger partial charge in [-0.15, -0.1) is 11.6 Å². The molecule has 2 unspecified atom stereocenters. The van der Waals surface area contributed by atoms with Crippen LogP contribution < -0.4 is 5.32 Å². The molecule has 0 aromatic heterocycles. The summed E-state index contributed by atoms with van der Waals surface area (Å²) in [5, 5.41) is 3.29. The smallest absolute Gasteiger partial charge is 0.159 e. The molecular weight excluding hydrogens is 226 g/mol. The highest BCUT2D eigenvalue weighted by Gasteiger charge is 2.37. The first-order valence-electron chi connectivity index (χ1n) is 5.32. The van der Waals surface area contributed by atoms with Crippen LogP contribution in [0, 0.1) is 5.41 Å². The van der Waals surface area contributed by atoms with Crippen molar-refractivity contribution in [2.45, 2.75) is 13.0 Å². The molecule has 0 bridgehead atoms. The van der Waals surface area contributed by atoms with E-state index in [1.54, 1.807) is 7.11 Å². The van der Waals surface area contributed by atoms with Gasteiger partial charge in [0.05, 0.1) is 17.9 Å². The summed E-state index contributed by atoms with van der Waals surface area (Å²) in [6.07, 6.45) is 7.72. The second-order valence-electron chi connectivity index (χ2n) is 4.01. The van der Waals surface area contributed by atoms with Crippen LogP contribution in [0.3, 0.4) is 0 Å². The Morgan fingerprint density at radius 3 is 2.94 bits per heavy atom. The van der Waals surface area contributed by atoms with E-state index in [1.165, 1.54) is 0 Å². The van der Waals surface area contributed by atoms with Gasteiger partial charge in [-0.1, -0.05) is 24.3 Å². The third-order valence-electron chi connectivity index (χ3n) is 2.90. The lowest BCUT2D eigenvalue weighted by molar-refractivity contribution is -0.123. The SMILES string of the molecule is COCCNC1C=CC=CC1(C)C(=O)CCl. The number of hydrogen-bond acceptors (Lipinski definition) is 3. The lowest BCUT2D eigenvalue weighted by Gasteiger charge is -2.34. The minimum Gasteiger partial charge on any atom is -0.383 e. The van der Waals surface area contributed by atoms with Crippen LogP contribution >= 0.6 is 11.6 Å². The van der Waals surface area contributed by atoms with Crippen molar-refractivity contribution in [3.05, 3.63) is 24.3 Å². The molecule has 0 fully saturated rings. The number of rotatable bonds is 6. The largest absolute Gasteiger partial charge is 0.383 e. The second kappa shape index (κ2) is 6.18. The van der Waals surface area contributed by atoms with Gasteiger partial charge in [-0.3, -0.25) is 4.79 Å². The first kappa shape index (κ1) is 13.4. The van der Waals surface area contributed by atoms with E-state index < -0.39 is 5.41 Å². The summed E-state index contributed by atoms with van der Waals surface area (Å²) in [5.41, 5.74) is -0.551. The minimum atomic E-state index is -0.551. The molecule has 0 saturated heterocycles. The van der Waals surface area contributed by atoms with Gasteiger partial charge < -0.3 is 10.1 Å². The molecule has 1 N–H and O–H groups in total. The summed E-state index contributed by atoms with van der Waals surface area (Å²) < 4.78 is 4.97. The number of methoxy groups -OCH3 is 1. The topological polar surface area (TPSA) is 38.3 Å². The quantitative estimate of drug-likeness (QED) is 0.568. The number of Topliss-reactive ketones (excluding diaryl/α,β-unsaturated/α-hetero) is 1. The van der Waals surface area contributed by atoms with Crippen LogP contribution in [0.1, 0.15) is 6.92 Å². The Hall–Kier alpha value is -0.640. The lowest BCUT2D eigenvalue weighted by Crippen LogP contribution is -2.48. The highest BCUT2D eigenvalue weighted by molar-refractivity contribution is 6.28. The molecule has 0 aromatic rings. The van der Waals surface area contributed by atoms with Crippen LogP contribution in [-0.4, -0.2) is 38.0 Å². The number of ketones is 1. The molecule has 2 atom stereocenters. The molecule has 0 radical (unpaired) electrons. The summed E-state index contributed by atoms with van der Waals surface area (Å²) in [7, 11) is 1.65. The predicted molar refractivity (Wildman–Crippen MR) is 65.8 cm³/mol. The average Bonchev–Trinajstić information content (AvgIpc) is 2.31. The van der Waals surface area contributed by atoms with Gasteiger partial charge in [0, 0.05) is 19.7 Å². The molecule has 0 amide bonds. The Morgan fingerprint density at radius 1 is 1.56 bits per heavy atom. The van der Waals surface area contributed by atoms with E-state index in [1.807, 2.05) is 31.2 Å². The number of ether oxygens (including phenoxy) is 1. The number of halogens is 1. The third-order valence-corrected chi connectivity index (χ3v) is 3.14. The molecule has 16 heavy (non-hydrogen) atoms. The van der Waals surface area contributed by atoms with E-state index >= 15 is 0 Å². The van der Waals surface area contributed by atoms with Crippen molar-refractivity contribution in [2.75, 3.05) is 26.1 Å². The number of alkyl halides is 1. The van der Waals surface area contributed by atoms with Crippen molar-refractivity contribution in [3.63, 3.8) is 0 Å². The Morgan fingerprint density at radius 2 is 2.31 bits per heavy atom. The average molecular weight is 244 g/mol. The van der Waals surface area contributed by atoms with Crippen LogP contribution in [0.5, 0.6) is 0 Å². The van der Waals surface area contributed by atoms with E-state index in [0.717, 1.165) is 0 Å². The van der Waals surface area contributed by atoms with Gasteiger partial charge in [0.25, 0.3) is 0 Å². The van der Waals surface area contributed by atoms with E-state index in [4.69, 9.17) is 16.3 Å². The molecule has 4 heteroatoms. The van der Waals surface area contributed by atoms with Gasteiger partial charge in [-0.2, -0.15) is 0 Å². The van der Waals surface area contributed by atoms with Gasteiger partial charge in [-0.25, -0.2) is 0 Å². The third kappa shape index (κ3) is 2.94. The predicted octanol–water partition coefficient (Wildman–Crippen LogP) is 1.53. The zero-order chi connectivity index (χ0) is 12.0. The first-order chi connectivity index (χ1) is 7.65. The molecule has 90 valence electrons. The monoisotopic (exact) mass is 243 g/mol. The first-order valence-corrected chi connectivity index (χ1v) is 5.86. The summed E-state index contributed by atoms with van der Waals surface area (Å²) in [6, 6.07) is -0.0149. The molecule has 0 aromatic carbocycles. The van der Waals surface area contributed by atoms with Gasteiger partial charge in [0.2, 0.25) is 0 Å². The van der Waals surface area contributed by atoms with Crippen LogP contribution in [0.15, 0.2) is 24.3 Å². The Kier molecular flexibility index (Phi) is 5.19. The summed E-state index contributed by atoms with van der Waals surface area (Å²) in [4.78, 5) is 11.8. The number of nitrogens with one attached hydrogen (secondary N) is 1. The summed E-state index contributed by atoms with van der Waals surface area (Å²) in [6.45, 7) is 3.24. The zero-order valence-corrected chi connectivity index (χ0v) is 10.5. The van der Waals surface area contributed by atoms with E-state index in [-0.39, 0.29) is 17.7 Å². The number of allylic oxidation sites excluding steroid dienone is 2. The maximum absolute atomic E-state index is 11.8. The van der Waals surface area contributed by atoms with Crippen LogP contribution in [0.4, 0.5) is 0 Å². The van der Waals surface area contributed by atoms with Crippen molar-refractivity contribution in [2.24, 2.45) is 5.41 Å². The Labute approximate surface area is 101 Å². The molecule has 1 aliphatic rings. The Balaban J connectivity index is 2.68. The maximum atomic E-state index is 11.8. The Bertz CT molecular complexity index is 301. The van der Waals surface area contributed by atoms with Gasteiger partial charge in [0.15, 0.2) is 5.78 Å². The van der Waals surface area contributed by atoms with Gasteiger partial charge >= 0.3 is 0 Å². The van der Waals surface area contributed by atoms with Crippen molar-refractivity contribution in [3.8, 4) is 0 Å². The van der Waals surface area contributed by atoms with Gasteiger partial charge in [-0.05, 0) is 6.92 Å². The fourth-order valence-corrected chi connectivity index (χ4v) is 2.03. The lowest BCUT2D eigenvalue weighted by atomic mass is 9.76.